The Morgan fingerprint density at radius 3 is 2.06 bits per heavy atom. The molecule has 0 radical (unpaired) electrons. The Morgan fingerprint density at radius 1 is 0.875 bits per heavy atom. The molecule has 2 aromatic rings. The summed E-state index contributed by atoms with van der Waals surface area (Å²) in [6.07, 6.45) is 1.81. The number of hydrogen-bond donors (Lipinski definition) is 2. The van der Waals surface area contributed by atoms with E-state index in [0.29, 0.717) is 0 Å². The molecule has 0 atom stereocenters. The maximum Gasteiger partial charge on any atom is 0.0550 e. The summed E-state index contributed by atoms with van der Waals surface area (Å²) in [7, 11) is 0. The van der Waals surface area contributed by atoms with Crippen molar-refractivity contribution in [2.24, 2.45) is 5.73 Å². The third-order valence-electron chi connectivity index (χ3n) is 2.28. The van der Waals surface area contributed by atoms with Crippen LogP contribution in [0.1, 0.15) is 5.56 Å². The number of nitrogens with one attached hydrogen (secondary N) is 1. The van der Waals surface area contributed by atoms with Crippen molar-refractivity contribution in [1.82, 2.24) is 0 Å². The van der Waals surface area contributed by atoms with Gasteiger partial charge in [-0.15, -0.1) is 0 Å². The molecule has 0 unspecified atom stereocenters. The molecule has 0 fully saturated rings. The van der Waals surface area contributed by atoms with Crippen LogP contribution in [0.3, 0.4) is 0 Å². The van der Waals surface area contributed by atoms with Gasteiger partial charge in [-0.2, -0.15) is 0 Å². The van der Waals surface area contributed by atoms with Gasteiger partial charge in [0.1, 0.15) is 0 Å². The van der Waals surface area contributed by atoms with Gasteiger partial charge in [0.05, 0.1) is 5.70 Å². The van der Waals surface area contributed by atoms with E-state index in [4.69, 9.17) is 5.73 Å². The highest BCUT2D eigenvalue weighted by Crippen LogP contribution is 2.10. The number of benzene rings is 2. The predicted molar refractivity (Wildman–Crippen MR) is 68.7 cm³/mol. The van der Waals surface area contributed by atoms with E-state index in [2.05, 4.69) is 5.32 Å². The molecule has 2 aromatic carbocycles. The van der Waals surface area contributed by atoms with Gasteiger partial charge in [-0.25, -0.2) is 0 Å². The van der Waals surface area contributed by atoms with Crippen LogP contribution in [-0.2, 0) is 0 Å². The van der Waals surface area contributed by atoms with Gasteiger partial charge in [0.25, 0.3) is 0 Å². The summed E-state index contributed by atoms with van der Waals surface area (Å²) in [5.74, 6) is 0. The second-order valence-corrected chi connectivity index (χ2v) is 3.48. The van der Waals surface area contributed by atoms with Crippen molar-refractivity contribution < 1.29 is 0 Å². The van der Waals surface area contributed by atoms with Crippen LogP contribution < -0.4 is 11.1 Å². The minimum absolute atomic E-state index is 0.726. The highest BCUT2D eigenvalue weighted by molar-refractivity contribution is 5.65. The summed E-state index contributed by atoms with van der Waals surface area (Å²) in [4.78, 5) is 0. The first-order valence-corrected chi connectivity index (χ1v) is 5.19. The molecule has 0 aliphatic heterocycles. The Kier molecular flexibility index (Phi) is 3.24. The standard InChI is InChI=1S/C14H14N2/c15-14(12-7-3-1-4-8-12)11-16-13-9-5-2-6-10-13/h1-11,16H,15H2/b14-11-. The van der Waals surface area contributed by atoms with E-state index < -0.39 is 0 Å². The Hall–Kier alpha value is -2.22. The molecule has 0 saturated heterocycles. The van der Waals surface area contributed by atoms with E-state index in [1.807, 2.05) is 66.9 Å². The topological polar surface area (TPSA) is 38.0 Å². The average Bonchev–Trinajstić information content (AvgIpc) is 2.38. The number of rotatable bonds is 3. The molecule has 0 aliphatic carbocycles. The van der Waals surface area contributed by atoms with E-state index in [1.165, 1.54) is 0 Å². The summed E-state index contributed by atoms with van der Waals surface area (Å²) < 4.78 is 0. The van der Waals surface area contributed by atoms with Crippen molar-refractivity contribution in [1.29, 1.82) is 0 Å². The number of anilines is 1. The molecule has 80 valence electrons. The van der Waals surface area contributed by atoms with Crippen LogP contribution in [0.25, 0.3) is 5.70 Å². The van der Waals surface area contributed by atoms with Crippen LogP contribution in [0.2, 0.25) is 0 Å². The van der Waals surface area contributed by atoms with Gasteiger partial charge in [0, 0.05) is 11.9 Å². The van der Waals surface area contributed by atoms with Crippen LogP contribution >= 0.6 is 0 Å². The normalized spacial score (nSPS) is 11.1. The van der Waals surface area contributed by atoms with Crippen LogP contribution in [0.15, 0.2) is 66.9 Å². The molecule has 0 amide bonds. The molecule has 2 heteroatoms. The zero-order valence-electron chi connectivity index (χ0n) is 8.93. The summed E-state index contributed by atoms with van der Waals surface area (Å²) in [5.41, 5.74) is 8.72. The Labute approximate surface area is 95.4 Å². The van der Waals surface area contributed by atoms with E-state index in [0.717, 1.165) is 16.9 Å². The maximum absolute atomic E-state index is 5.94. The van der Waals surface area contributed by atoms with E-state index >= 15 is 0 Å². The molecular formula is C14H14N2. The highest BCUT2D eigenvalue weighted by Gasteiger charge is 1.93. The second-order valence-electron chi connectivity index (χ2n) is 3.48. The number of hydrogen-bond acceptors (Lipinski definition) is 2. The lowest BCUT2D eigenvalue weighted by Crippen LogP contribution is -1.99. The van der Waals surface area contributed by atoms with Crippen LogP contribution in [0, 0.1) is 0 Å². The van der Waals surface area contributed by atoms with Gasteiger partial charge in [0.15, 0.2) is 0 Å². The van der Waals surface area contributed by atoms with Crippen LogP contribution in [0.4, 0.5) is 5.69 Å². The molecule has 2 nitrogen and oxygen atoms in total. The van der Waals surface area contributed by atoms with Gasteiger partial charge in [-0.1, -0.05) is 48.5 Å². The fourth-order valence-electron chi connectivity index (χ4n) is 1.41. The Bertz CT molecular complexity index is 461. The molecule has 2 rings (SSSR count). The third-order valence-corrected chi connectivity index (χ3v) is 2.28. The molecule has 0 heterocycles. The van der Waals surface area contributed by atoms with Crippen molar-refractivity contribution >= 4 is 11.4 Å². The van der Waals surface area contributed by atoms with Crippen molar-refractivity contribution in [2.45, 2.75) is 0 Å². The highest BCUT2D eigenvalue weighted by atomic mass is 14.9. The summed E-state index contributed by atoms with van der Waals surface area (Å²) in [6.45, 7) is 0. The molecular weight excluding hydrogens is 196 g/mol. The first-order valence-electron chi connectivity index (χ1n) is 5.19. The van der Waals surface area contributed by atoms with Gasteiger partial charge >= 0.3 is 0 Å². The van der Waals surface area contributed by atoms with E-state index in [1.54, 1.807) is 0 Å². The quantitative estimate of drug-likeness (QED) is 0.817. The first-order chi connectivity index (χ1) is 7.86. The fraction of sp³-hybridized carbons (Fsp3) is 0. The van der Waals surface area contributed by atoms with Crippen LogP contribution in [-0.4, -0.2) is 0 Å². The summed E-state index contributed by atoms with van der Waals surface area (Å²) >= 11 is 0. The smallest absolute Gasteiger partial charge is 0.0550 e. The molecule has 16 heavy (non-hydrogen) atoms. The minimum atomic E-state index is 0.726. The molecule has 0 aromatic heterocycles. The van der Waals surface area contributed by atoms with Gasteiger partial charge in [-0.3, -0.25) is 0 Å². The largest absolute Gasteiger partial charge is 0.397 e. The zero-order valence-corrected chi connectivity index (χ0v) is 8.93. The minimum Gasteiger partial charge on any atom is -0.397 e. The number of para-hydroxylation sites is 1. The van der Waals surface area contributed by atoms with Crippen molar-refractivity contribution in [2.75, 3.05) is 5.32 Å². The molecule has 0 saturated carbocycles. The molecule has 0 aliphatic rings. The Balaban J connectivity index is 2.09. The lowest BCUT2D eigenvalue weighted by Gasteiger charge is -2.03. The number of nitrogens with two attached hydrogens (primary N) is 1. The van der Waals surface area contributed by atoms with Crippen molar-refractivity contribution in [3.63, 3.8) is 0 Å². The molecule has 0 bridgehead atoms. The molecule has 0 spiro atoms. The summed E-state index contributed by atoms with van der Waals surface area (Å²) in [6, 6.07) is 19.8. The van der Waals surface area contributed by atoms with Crippen molar-refractivity contribution in [3.8, 4) is 0 Å². The summed E-state index contributed by atoms with van der Waals surface area (Å²) in [5, 5.41) is 3.16. The van der Waals surface area contributed by atoms with Gasteiger partial charge in [0.2, 0.25) is 0 Å². The lowest BCUT2D eigenvalue weighted by atomic mass is 10.2. The zero-order chi connectivity index (χ0) is 11.2. The monoisotopic (exact) mass is 210 g/mol. The van der Waals surface area contributed by atoms with E-state index in [-0.39, 0.29) is 0 Å². The Morgan fingerprint density at radius 2 is 1.44 bits per heavy atom. The lowest BCUT2D eigenvalue weighted by molar-refractivity contribution is 1.48. The van der Waals surface area contributed by atoms with Crippen molar-refractivity contribution in [3.05, 3.63) is 72.4 Å². The molecule has 3 N–H and O–H groups in total. The first kappa shape index (κ1) is 10.3. The van der Waals surface area contributed by atoms with E-state index in [9.17, 15) is 0 Å². The van der Waals surface area contributed by atoms with Crippen LogP contribution in [0.5, 0.6) is 0 Å². The second kappa shape index (κ2) is 5.03. The van der Waals surface area contributed by atoms with Gasteiger partial charge < -0.3 is 11.1 Å². The van der Waals surface area contributed by atoms with Gasteiger partial charge in [-0.05, 0) is 17.7 Å². The predicted octanol–water partition coefficient (Wildman–Crippen LogP) is 3.06. The SMILES string of the molecule is N/C(=C\Nc1ccccc1)c1ccccc1. The average molecular weight is 210 g/mol. The third kappa shape index (κ3) is 2.64. The maximum atomic E-state index is 5.94. The fourth-order valence-corrected chi connectivity index (χ4v) is 1.41.